The number of hydrogen-bond donors (Lipinski definition) is 3. The summed E-state index contributed by atoms with van der Waals surface area (Å²) in [6.45, 7) is 2.45. The molecule has 3 rings (SSSR count). The van der Waals surface area contributed by atoms with Crippen LogP contribution in [0.4, 0.5) is 5.69 Å². The number of nitrogens with zero attached hydrogens (tertiary/aromatic N) is 1. The first-order valence-corrected chi connectivity index (χ1v) is 10.9. The minimum atomic E-state index is -0.358. The van der Waals surface area contributed by atoms with Gasteiger partial charge in [-0.2, -0.15) is 0 Å². The maximum Gasteiger partial charge on any atom is 0.251 e. The molecule has 31 heavy (non-hydrogen) atoms. The third-order valence-corrected chi connectivity index (χ3v) is 5.21. The molecule has 0 unspecified atom stereocenters. The van der Waals surface area contributed by atoms with Gasteiger partial charge in [0.05, 0.1) is 17.9 Å². The average Bonchev–Trinajstić information content (AvgIpc) is 2.73. The number of hydrogen-bond acceptors (Lipinski definition) is 5. The maximum absolute atomic E-state index is 12.2. The van der Waals surface area contributed by atoms with Gasteiger partial charge in [0.15, 0.2) is 5.16 Å². The van der Waals surface area contributed by atoms with Crippen molar-refractivity contribution in [3.05, 3.63) is 87.8 Å². The van der Waals surface area contributed by atoms with Gasteiger partial charge in [0.25, 0.3) is 5.56 Å². The predicted molar refractivity (Wildman–Crippen MR) is 122 cm³/mol. The van der Waals surface area contributed by atoms with E-state index in [2.05, 4.69) is 20.6 Å². The summed E-state index contributed by atoms with van der Waals surface area (Å²) in [6, 6.07) is 18.7. The lowest BCUT2D eigenvalue weighted by molar-refractivity contribution is -0.120. The molecule has 8 heteroatoms. The van der Waals surface area contributed by atoms with Gasteiger partial charge in [0, 0.05) is 18.3 Å². The average molecular weight is 437 g/mol. The molecule has 7 nitrogen and oxygen atoms in total. The van der Waals surface area contributed by atoms with Crippen molar-refractivity contribution in [2.75, 3.05) is 17.6 Å². The molecule has 1 heterocycles. The largest absolute Gasteiger partial charge is 0.355 e. The van der Waals surface area contributed by atoms with E-state index in [1.807, 2.05) is 61.5 Å². The molecule has 2 amide bonds. The van der Waals surface area contributed by atoms with Crippen molar-refractivity contribution in [1.29, 1.82) is 0 Å². The molecule has 0 aliphatic heterocycles. The zero-order chi connectivity index (χ0) is 22.1. The second-order valence-corrected chi connectivity index (χ2v) is 7.97. The molecular formula is C23H24N4O3S. The van der Waals surface area contributed by atoms with E-state index in [9.17, 15) is 14.4 Å². The molecule has 0 spiro atoms. The van der Waals surface area contributed by atoms with Gasteiger partial charge in [-0.1, -0.05) is 54.2 Å². The van der Waals surface area contributed by atoms with Crippen molar-refractivity contribution in [3.8, 4) is 0 Å². The maximum atomic E-state index is 12.2. The van der Waals surface area contributed by atoms with Gasteiger partial charge in [-0.25, -0.2) is 4.98 Å². The summed E-state index contributed by atoms with van der Waals surface area (Å²) in [5, 5.41) is 5.95. The van der Waals surface area contributed by atoms with Crippen LogP contribution in [0.3, 0.4) is 0 Å². The lowest BCUT2D eigenvalue weighted by Gasteiger charge is -2.07. The summed E-state index contributed by atoms with van der Waals surface area (Å²) < 4.78 is 0. The van der Waals surface area contributed by atoms with E-state index in [1.54, 1.807) is 0 Å². The van der Waals surface area contributed by atoms with E-state index in [0.717, 1.165) is 29.3 Å². The third-order valence-electron chi connectivity index (χ3n) is 4.34. The quantitative estimate of drug-likeness (QED) is 0.353. The first-order valence-electron chi connectivity index (χ1n) is 9.88. The molecule has 0 atom stereocenters. The van der Waals surface area contributed by atoms with E-state index >= 15 is 0 Å². The fourth-order valence-electron chi connectivity index (χ4n) is 2.91. The second-order valence-electron chi connectivity index (χ2n) is 7.01. The van der Waals surface area contributed by atoms with Gasteiger partial charge in [-0.15, -0.1) is 0 Å². The Hall–Kier alpha value is -3.39. The number of aromatic nitrogens is 2. The van der Waals surface area contributed by atoms with Crippen LogP contribution >= 0.6 is 11.8 Å². The molecule has 0 bridgehead atoms. The van der Waals surface area contributed by atoms with Crippen molar-refractivity contribution < 1.29 is 9.59 Å². The van der Waals surface area contributed by atoms with Gasteiger partial charge in [0.1, 0.15) is 0 Å². The fourth-order valence-corrected chi connectivity index (χ4v) is 3.61. The van der Waals surface area contributed by atoms with Gasteiger partial charge in [-0.05, 0) is 36.6 Å². The van der Waals surface area contributed by atoms with Gasteiger partial charge in [-0.3, -0.25) is 14.4 Å². The molecule has 0 fully saturated rings. The first kappa shape index (κ1) is 22.3. The second kappa shape index (κ2) is 11.1. The number of carbonyl (C=O) groups excluding carboxylic acids is 2. The SMILES string of the molecule is Cc1cccc(NC(=O)CSc2nc(CC(=O)NCCc3ccccc3)cc(=O)[nH]2)c1. The topological polar surface area (TPSA) is 104 Å². The summed E-state index contributed by atoms with van der Waals surface area (Å²) in [6.07, 6.45) is 0.730. The molecular weight excluding hydrogens is 412 g/mol. The smallest absolute Gasteiger partial charge is 0.251 e. The molecule has 2 aromatic carbocycles. The van der Waals surface area contributed by atoms with E-state index < -0.39 is 0 Å². The first-order chi connectivity index (χ1) is 15.0. The predicted octanol–water partition coefficient (Wildman–Crippen LogP) is 2.71. The van der Waals surface area contributed by atoms with Gasteiger partial charge >= 0.3 is 0 Å². The number of benzene rings is 2. The lowest BCUT2D eigenvalue weighted by Crippen LogP contribution is -2.28. The number of anilines is 1. The van der Waals surface area contributed by atoms with Crippen LogP contribution in [0.5, 0.6) is 0 Å². The Morgan fingerprint density at radius 1 is 1.03 bits per heavy atom. The number of aryl methyl sites for hydroxylation is 1. The Morgan fingerprint density at radius 2 is 1.84 bits per heavy atom. The van der Waals surface area contributed by atoms with Gasteiger partial charge in [0.2, 0.25) is 11.8 Å². The minimum absolute atomic E-state index is 0.00174. The number of aromatic amines is 1. The summed E-state index contributed by atoms with van der Waals surface area (Å²) in [5.41, 5.74) is 2.91. The van der Waals surface area contributed by atoms with E-state index in [-0.39, 0.29) is 29.5 Å². The molecule has 160 valence electrons. The molecule has 0 aliphatic rings. The van der Waals surface area contributed by atoms with Crippen LogP contribution in [0, 0.1) is 6.92 Å². The number of rotatable bonds is 9. The van der Waals surface area contributed by atoms with Gasteiger partial charge < -0.3 is 15.6 Å². The highest BCUT2D eigenvalue weighted by atomic mass is 32.2. The van der Waals surface area contributed by atoms with Crippen LogP contribution in [0.2, 0.25) is 0 Å². The van der Waals surface area contributed by atoms with Crippen LogP contribution in [-0.2, 0) is 22.4 Å². The summed E-state index contributed by atoms with van der Waals surface area (Å²) >= 11 is 1.11. The fraction of sp³-hybridized carbons (Fsp3) is 0.217. The van der Waals surface area contributed by atoms with Crippen LogP contribution in [-0.4, -0.2) is 34.1 Å². The zero-order valence-electron chi connectivity index (χ0n) is 17.2. The highest BCUT2D eigenvalue weighted by Gasteiger charge is 2.10. The van der Waals surface area contributed by atoms with E-state index in [1.165, 1.54) is 6.07 Å². The Bertz CT molecular complexity index is 1100. The molecule has 1 aromatic heterocycles. The van der Waals surface area contributed by atoms with Crippen molar-refractivity contribution in [2.45, 2.75) is 24.9 Å². The molecule has 3 N–H and O–H groups in total. The molecule has 0 radical (unpaired) electrons. The molecule has 3 aromatic rings. The molecule has 0 saturated heterocycles. The minimum Gasteiger partial charge on any atom is -0.355 e. The molecule has 0 aliphatic carbocycles. The molecule has 0 saturated carbocycles. The van der Waals surface area contributed by atoms with E-state index in [0.29, 0.717) is 23.1 Å². The summed E-state index contributed by atoms with van der Waals surface area (Å²) in [4.78, 5) is 43.2. The summed E-state index contributed by atoms with van der Waals surface area (Å²) in [5.74, 6) is -0.326. The number of thioether (sulfide) groups is 1. The van der Waals surface area contributed by atoms with Crippen LogP contribution in [0.25, 0.3) is 0 Å². The number of amides is 2. The highest BCUT2D eigenvalue weighted by molar-refractivity contribution is 7.99. The number of H-pyrrole nitrogens is 1. The van der Waals surface area contributed by atoms with Crippen molar-refractivity contribution in [3.63, 3.8) is 0 Å². The third kappa shape index (κ3) is 7.75. The highest BCUT2D eigenvalue weighted by Crippen LogP contribution is 2.14. The summed E-state index contributed by atoms with van der Waals surface area (Å²) in [7, 11) is 0. The Morgan fingerprint density at radius 3 is 2.61 bits per heavy atom. The monoisotopic (exact) mass is 436 g/mol. The number of carbonyl (C=O) groups is 2. The Balaban J connectivity index is 1.49. The normalized spacial score (nSPS) is 10.5. The van der Waals surface area contributed by atoms with Crippen molar-refractivity contribution in [1.82, 2.24) is 15.3 Å². The number of nitrogens with one attached hydrogen (secondary N) is 3. The Kier molecular flexibility index (Phi) is 8.00. The van der Waals surface area contributed by atoms with Crippen molar-refractivity contribution >= 4 is 29.3 Å². The van der Waals surface area contributed by atoms with Crippen LogP contribution in [0.1, 0.15) is 16.8 Å². The lowest BCUT2D eigenvalue weighted by atomic mass is 10.1. The standard InChI is InChI=1S/C23H24N4O3S/c1-16-6-5-9-18(12-16)25-22(30)15-31-23-26-19(14-21(29)27-23)13-20(28)24-11-10-17-7-3-2-4-8-17/h2-9,12,14H,10-11,13,15H2,1H3,(H,24,28)(H,25,30)(H,26,27,29). The van der Waals surface area contributed by atoms with Crippen LogP contribution < -0.4 is 16.2 Å². The zero-order valence-corrected chi connectivity index (χ0v) is 18.0. The van der Waals surface area contributed by atoms with Crippen LogP contribution in [0.15, 0.2) is 70.6 Å². The van der Waals surface area contributed by atoms with E-state index in [4.69, 9.17) is 0 Å². The Labute approximate surface area is 184 Å². The van der Waals surface area contributed by atoms with Crippen molar-refractivity contribution in [2.24, 2.45) is 0 Å².